The summed E-state index contributed by atoms with van der Waals surface area (Å²) in [5.74, 6) is -1.88. The number of aromatic amines is 1. The number of aliphatic carboxylic acids is 1. The Morgan fingerprint density at radius 3 is 2.88 bits per heavy atom. The van der Waals surface area contributed by atoms with Crippen LogP contribution < -0.4 is 5.32 Å². The third-order valence-corrected chi connectivity index (χ3v) is 4.22. The molecule has 3 rings (SSSR count). The zero-order valence-electron chi connectivity index (χ0n) is 13.2. The number of hydrogen-bond acceptors (Lipinski definition) is 4. The van der Waals surface area contributed by atoms with Crippen LogP contribution in [0.25, 0.3) is 10.9 Å². The molecule has 1 saturated heterocycles. The first kappa shape index (κ1) is 16.0. The van der Waals surface area contributed by atoms with Crippen molar-refractivity contribution in [2.45, 2.75) is 31.8 Å². The Morgan fingerprint density at radius 1 is 1.38 bits per heavy atom. The third-order valence-electron chi connectivity index (χ3n) is 4.22. The van der Waals surface area contributed by atoms with E-state index in [0.29, 0.717) is 24.8 Å². The maximum atomic E-state index is 12.4. The number of hydrogen-bond donors (Lipinski definition) is 3. The number of benzene rings is 1. The minimum atomic E-state index is -1.02. The number of nitrogens with zero attached hydrogens (tertiary/aromatic N) is 2. The molecule has 24 heavy (non-hydrogen) atoms. The van der Waals surface area contributed by atoms with Crippen molar-refractivity contribution >= 4 is 28.7 Å². The summed E-state index contributed by atoms with van der Waals surface area (Å²) < 4.78 is 0. The van der Waals surface area contributed by atoms with Crippen LogP contribution >= 0.6 is 0 Å². The molecule has 0 bridgehead atoms. The van der Waals surface area contributed by atoms with E-state index < -0.39 is 29.9 Å². The van der Waals surface area contributed by atoms with Crippen molar-refractivity contribution in [1.29, 1.82) is 0 Å². The number of likely N-dealkylation sites (tertiary alicyclic amines) is 1. The molecule has 126 valence electrons. The summed E-state index contributed by atoms with van der Waals surface area (Å²) in [6, 6.07) is 5.55. The highest BCUT2D eigenvalue weighted by Crippen LogP contribution is 2.19. The van der Waals surface area contributed by atoms with Crippen LogP contribution in [0.15, 0.2) is 24.3 Å². The number of fused-ring (bicyclic) bond motifs is 1. The van der Waals surface area contributed by atoms with E-state index in [1.165, 1.54) is 4.90 Å². The number of aromatic nitrogens is 2. The van der Waals surface area contributed by atoms with E-state index in [1.807, 2.05) is 6.07 Å². The summed E-state index contributed by atoms with van der Waals surface area (Å²) in [5.41, 5.74) is 0.938. The minimum absolute atomic E-state index is 0.210. The average Bonchev–Trinajstić information content (AvgIpc) is 3.20. The average molecular weight is 330 g/mol. The highest BCUT2D eigenvalue weighted by molar-refractivity contribution is 6.06. The lowest BCUT2D eigenvalue weighted by Crippen LogP contribution is -2.50. The van der Waals surface area contributed by atoms with Crippen LogP contribution in [0.3, 0.4) is 0 Å². The molecule has 2 heterocycles. The van der Waals surface area contributed by atoms with Gasteiger partial charge < -0.3 is 15.3 Å². The standard InChI is InChI=1S/C16H18N4O4/c1-9(15(22)20-8-4-7-12(20)16(23)24)17-14(21)13-10-5-2-3-6-11(10)18-19-13/h2-3,5-6,9,12H,4,7-8H2,1H3,(H,17,21)(H,18,19)(H,23,24)/t9?,12-/m0/s1. The molecule has 1 aliphatic rings. The van der Waals surface area contributed by atoms with Crippen LogP contribution in [0.2, 0.25) is 0 Å². The Morgan fingerprint density at radius 2 is 2.12 bits per heavy atom. The third kappa shape index (κ3) is 2.82. The largest absolute Gasteiger partial charge is 0.480 e. The van der Waals surface area contributed by atoms with Crippen LogP contribution in [0.5, 0.6) is 0 Å². The molecule has 0 radical (unpaired) electrons. The summed E-state index contributed by atoms with van der Waals surface area (Å²) in [6.45, 7) is 1.94. The molecule has 2 aromatic rings. The first-order valence-corrected chi connectivity index (χ1v) is 7.76. The lowest BCUT2D eigenvalue weighted by Gasteiger charge is -2.25. The maximum absolute atomic E-state index is 12.4. The van der Waals surface area contributed by atoms with Crippen LogP contribution in [0.1, 0.15) is 30.3 Å². The summed E-state index contributed by atoms with van der Waals surface area (Å²) in [5, 5.41) is 19.2. The van der Waals surface area contributed by atoms with Crippen molar-refractivity contribution in [3.05, 3.63) is 30.0 Å². The fraction of sp³-hybridized carbons (Fsp3) is 0.375. The van der Waals surface area contributed by atoms with Gasteiger partial charge in [-0.05, 0) is 25.8 Å². The molecular formula is C16H18N4O4. The number of nitrogens with one attached hydrogen (secondary N) is 2. The van der Waals surface area contributed by atoms with Gasteiger partial charge in [0, 0.05) is 11.9 Å². The van der Waals surface area contributed by atoms with E-state index in [2.05, 4.69) is 15.5 Å². The van der Waals surface area contributed by atoms with Gasteiger partial charge in [-0.3, -0.25) is 14.7 Å². The molecule has 1 aliphatic heterocycles. The van der Waals surface area contributed by atoms with Gasteiger partial charge in [0.05, 0.1) is 5.52 Å². The van der Waals surface area contributed by atoms with Crippen molar-refractivity contribution in [2.24, 2.45) is 0 Å². The van der Waals surface area contributed by atoms with Gasteiger partial charge >= 0.3 is 5.97 Å². The van der Waals surface area contributed by atoms with Crippen LogP contribution in [-0.4, -0.2) is 56.6 Å². The zero-order chi connectivity index (χ0) is 17.3. The molecule has 0 saturated carbocycles. The molecule has 0 spiro atoms. The Kier molecular flexibility index (Phi) is 4.20. The van der Waals surface area contributed by atoms with Crippen LogP contribution in [0.4, 0.5) is 0 Å². The van der Waals surface area contributed by atoms with Crippen molar-refractivity contribution in [3.63, 3.8) is 0 Å². The van der Waals surface area contributed by atoms with E-state index in [0.717, 1.165) is 5.52 Å². The molecule has 1 aromatic heterocycles. The summed E-state index contributed by atoms with van der Waals surface area (Å²) in [4.78, 5) is 37.3. The summed E-state index contributed by atoms with van der Waals surface area (Å²) >= 11 is 0. The number of carbonyl (C=O) groups excluding carboxylic acids is 2. The van der Waals surface area contributed by atoms with Gasteiger partial charge in [0.25, 0.3) is 5.91 Å². The number of para-hydroxylation sites is 1. The quantitative estimate of drug-likeness (QED) is 0.765. The number of H-pyrrole nitrogens is 1. The zero-order valence-corrected chi connectivity index (χ0v) is 13.2. The SMILES string of the molecule is CC(NC(=O)c1n[nH]c2ccccc12)C(=O)N1CCC[C@H]1C(=O)O. The lowest BCUT2D eigenvalue weighted by molar-refractivity contribution is -0.148. The molecule has 1 aromatic carbocycles. The second kappa shape index (κ2) is 6.31. The molecular weight excluding hydrogens is 312 g/mol. The number of amides is 2. The normalized spacial score (nSPS) is 18.5. The minimum Gasteiger partial charge on any atom is -0.480 e. The van der Waals surface area contributed by atoms with Crippen LogP contribution in [0, 0.1) is 0 Å². The lowest BCUT2D eigenvalue weighted by atomic mass is 10.2. The highest BCUT2D eigenvalue weighted by atomic mass is 16.4. The second-order valence-corrected chi connectivity index (χ2v) is 5.84. The van der Waals surface area contributed by atoms with E-state index in [-0.39, 0.29) is 5.69 Å². The van der Waals surface area contributed by atoms with E-state index in [4.69, 9.17) is 5.11 Å². The van der Waals surface area contributed by atoms with Gasteiger partial charge in [-0.1, -0.05) is 18.2 Å². The smallest absolute Gasteiger partial charge is 0.326 e. The first-order valence-electron chi connectivity index (χ1n) is 7.76. The Balaban J connectivity index is 1.72. The van der Waals surface area contributed by atoms with Gasteiger partial charge in [0.15, 0.2) is 5.69 Å². The monoisotopic (exact) mass is 330 g/mol. The molecule has 3 N–H and O–H groups in total. The van der Waals surface area contributed by atoms with Crippen molar-refractivity contribution in [3.8, 4) is 0 Å². The molecule has 2 atom stereocenters. The van der Waals surface area contributed by atoms with Gasteiger partial charge in [-0.15, -0.1) is 0 Å². The topological polar surface area (TPSA) is 115 Å². The molecule has 8 nitrogen and oxygen atoms in total. The summed E-state index contributed by atoms with van der Waals surface area (Å²) in [6.07, 6.45) is 1.08. The Bertz CT molecular complexity index is 800. The van der Waals surface area contributed by atoms with Crippen molar-refractivity contribution in [2.75, 3.05) is 6.54 Å². The predicted octanol–water partition coefficient (Wildman–Crippen LogP) is 0.757. The number of carboxylic acids is 1. The Labute approximate surface area is 137 Å². The van der Waals surface area contributed by atoms with Gasteiger partial charge in [0.2, 0.25) is 5.91 Å². The molecule has 8 heteroatoms. The maximum Gasteiger partial charge on any atom is 0.326 e. The number of rotatable bonds is 4. The van der Waals surface area contributed by atoms with Gasteiger partial charge in [0.1, 0.15) is 12.1 Å². The predicted molar refractivity (Wildman–Crippen MR) is 85.4 cm³/mol. The van der Waals surface area contributed by atoms with E-state index in [9.17, 15) is 14.4 Å². The van der Waals surface area contributed by atoms with E-state index >= 15 is 0 Å². The molecule has 2 amide bonds. The Hall–Kier alpha value is -2.90. The van der Waals surface area contributed by atoms with Crippen LogP contribution in [-0.2, 0) is 9.59 Å². The van der Waals surface area contributed by atoms with Gasteiger partial charge in [-0.25, -0.2) is 4.79 Å². The van der Waals surface area contributed by atoms with Crippen molar-refractivity contribution in [1.82, 2.24) is 20.4 Å². The second-order valence-electron chi connectivity index (χ2n) is 5.84. The summed E-state index contributed by atoms with van der Waals surface area (Å²) in [7, 11) is 0. The fourth-order valence-electron chi connectivity index (χ4n) is 3.00. The molecule has 1 unspecified atom stereocenters. The first-order chi connectivity index (χ1) is 11.5. The number of carboxylic acid groups (broad SMARTS) is 1. The molecule has 0 aliphatic carbocycles. The fourth-order valence-corrected chi connectivity index (χ4v) is 3.00. The number of carbonyl (C=O) groups is 3. The van der Waals surface area contributed by atoms with Gasteiger partial charge in [-0.2, -0.15) is 5.10 Å². The molecule has 1 fully saturated rings. The van der Waals surface area contributed by atoms with E-state index in [1.54, 1.807) is 25.1 Å². The highest BCUT2D eigenvalue weighted by Gasteiger charge is 2.36. The van der Waals surface area contributed by atoms with Crippen molar-refractivity contribution < 1.29 is 19.5 Å².